The predicted molar refractivity (Wildman–Crippen MR) is 82.5 cm³/mol. The van der Waals surface area contributed by atoms with Crippen molar-refractivity contribution in [2.45, 2.75) is 6.54 Å². The molecule has 0 aromatic carbocycles. The van der Waals surface area contributed by atoms with Crippen LogP contribution in [0.5, 0.6) is 0 Å². The van der Waals surface area contributed by atoms with E-state index in [2.05, 4.69) is 20.6 Å². The molecule has 0 aliphatic carbocycles. The van der Waals surface area contributed by atoms with E-state index in [0.717, 1.165) is 11.4 Å². The van der Waals surface area contributed by atoms with Gasteiger partial charge in [-0.3, -0.25) is 9.78 Å². The lowest BCUT2D eigenvalue weighted by atomic mass is 10.3. The molecule has 1 amide bonds. The highest BCUT2D eigenvalue weighted by Gasteiger charge is 2.08. The van der Waals surface area contributed by atoms with Gasteiger partial charge in [-0.15, -0.1) is 0 Å². The molecule has 0 aliphatic rings. The number of furan rings is 1. The second-order valence-electron chi connectivity index (χ2n) is 4.58. The molecule has 3 aromatic heterocycles. The summed E-state index contributed by atoms with van der Waals surface area (Å²) in [5.74, 6) is 0.682. The number of aromatic nitrogens is 2. The zero-order chi connectivity index (χ0) is 15.2. The zero-order valence-corrected chi connectivity index (χ0v) is 11.7. The van der Waals surface area contributed by atoms with E-state index in [0.29, 0.717) is 12.2 Å². The molecule has 0 saturated heterocycles. The highest BCUT2D eigenvalue weighted by Crippen LogP contribution is 2.12. The van der Waals surface area contributed by atoms with Crippen LogP contribution in [0.4, 0.5) is 11.5 Å². The predicted octanol–water partition coefficient (Wildman–Crippen LogP) is 2.93. The Hall–Kier alpha value is -3.15. The molecule has 0 atom stereocenters. The normalized spacial score (nSPS) is 10.2. The number of amides is 1. The van der Waals surface area contributed by atoms with Crippen molar-refractivity contribution in [2.24, 2.45) is 0 Å². The molecule has 3 heterocycles. The summed E-state index contributed by atoms with van der Waals surface area (Å²) in [6, 6.07) is 10.7. The smallest absolute Gasteiger partial charge is 0.291 e. The van der Waals surface area contributed by atoms with Gasteiger partial charge >= 0.3 is 0 Å². The topological polar surface area (TPSA) is 80.0 Å². The van der Waals surface area contributed by atoms with E-state index in [1.165, 1.54) is 6.26 Å². The molecule has 0 spiro atoms. The Bertz CT molecular complexity index is 725. The largest absolute Gasteiger partial charge is 0.459 e. The Kier molecular flexibility index (Phi) is 4.10. The number of carbonyl (C=O) groups excluding carboxylic acids is 1. The van der Waals surface area contributed by atoms with Crippen LogP contribution in [-0.2, 0) is 6.54 Å². The van der Waals surface area contributed by atoms with Crippen molar-refractivity contribution in [1.29, 1.82) is 0 Å². The number of nitrogens with zero attached hydrogens (tertiary/aromatic N) is 2. The molecule has 0 radical (unpaired) electrons. The van der Waals surface area contributed by atoms with E-state index in [1.54, 1.807) is 42.9 Å². The summed E-state index contributed by atoms with van der Waals surface area (Å²) >= 11 is 0. The van der Waals surface area contributed by atoms with Gasteiger partial charge in [0.1, 0.15) is 5.82 Å². The van der Waals surface area contributed by atoms with Gasteiger partial charge in [-0.1, -0.05) is 6.07 Å². The Balaban J connectivity index is 1.57. The Morgan fingerprint density at radius 2 is 2.09 bits per heavy atom. The summed E-state index contributed by atoms with van der Waals surface area (Å²) in [5, 5.41) is 5.90. The van der Waals surface area contributed by atoms with Crippen LogP contribution < -0.4 is 10.6 Å². The fraction of sp³-hybridized carbons (Fsp3) is 0.0625. The number of carbonyl (C=O) groups is 1. The van der Waals surface area contributed by atoms with Gasteiger partial charge in [0, 0.05) is 18.9 Å². The third kappa shape index (κ3) is 3.49. The minimum absolute atomic E-state index is 0.263. The standard InChI is InChI=1S/C16H14N4O2/c21-16(14-4-2-8-22-14)20-13-5-6-15(19-11-13)18-10-12-3-1-7-17-9-12/h1-9,11H,10H2,(H,18,19)(H,20,21). The van der Waals surface area contributed by atoms with Crippen LogP contribution in [-0.4, -0.2) is 15.9 Å². The third-order valence-corrected chi connectivity index (χ3v) is 2.96. The first-order valence-electron chi connectivity index (χ1n) is 6.75. The lowest BCUT2D eigenvalue weighted by molar-refractivity contribution is 0.0996. The van der Waals surface area contributed by atoms with Crippen molar-refractivity contribution in [2.75, 3.05) is 10.6 Å². The second-order valence-corrected chi connectivity index (χ2v) is 4.58. The Morgan fingerprint density at radius 3 is 2.77 bits per heavy atom. The number of pyridine rings is 2. The first kappa shape index (κ1) is 13.8. The van der Waals surface area contributed by atoms with Crippen LogP contribution >= 0.6 is 0 Å². The van der Waals surface area contributed by atoms with Crippen molar-refractivity contribution in [3.8, 4) is 0 Å². The van der Waals surface area contributed by atoms with Crippen molar-refractivity contribution in [1.82, 2.24) is 9.97 Å². The van der Waals surface area contributed by atoms with Crippen LogP contribution in [0.2, 0.25) is 0 Å². The van der Waals surface area contributed by atoms with Gasteiger partial charge in [-0.2, -0.15) is 0 Å². The van der Waals surface area contributed by atoms with Crippen molar-refractivity contribution >= 4 is 17.4 Å². The van der Waals surface area contributed by atoms with E-state index >= 15 is 0 Å². The first-order valence-corrected chi connectivity index (χ1v) is 6.75. The molecular formula is C16H14N4O2. The molecule has 6 nitrogen and oxygen atoms in total. The van der Waals surface area contributed by atoms with Crippen LogP contribution in [0, 0.1) is 0 Å². The van der Waals surface area contributed by atoms with Crippen molar-refractivity contribution in [3.63, 3.8) is 0 Å². The summed E-state index contributed by atoms with van der Waals surface area (Å²) < 4.78 is 5.03. The van der Waals surface area contributed by atoms with E-state index in [4.69, 9.17) is 4.42 Å². The maximum absolute atomic E-state index is 11.8. The van der Waals surface area contributed by atoms with Crippen LogP contribution in [0.15, 0.2) is 65.7 Å². The summed E-state index contributed by atoms with van der Waals surface area (Å²) in [5.41, 5.74) is 1.67. The van der Waals surface area contributed by atoms with Gasteiger partial charge in [0.15, 0.2) is 5.76 Å². The fourth-order valence-electron chi connectivity index (χ4n) is 1.87. The van der Waals surface area contributed by atoms with E-state index in [1.807, 2.05) is 12.1 Å². The summed E-state index contributed by atoms with van der Waals surface area (Å²) in [7, 11) is 0. The van der Waals surface area contributed by atoms with Gasteiger partial charge in [-0.05, 0) is 35.9 Å². The monoisotopic (exact) mass is 294 g/mol. The molecule has 0 saturated carbocycles. The average Bonchev–Trinajstić information content (AvgIpc) is 3.10. The number of nitrogens with one attached hydrogen (secondary N) is 2. The molecule has 0 bridgehead atoms. The molecule has 0 aliphatic heterocycles. The van der Waals surface area contributed by atoms with E-state index < -0.39 is 0 Å². The lowest BCUT2D eigenvalue weighted by Gasteiger charge is -2.07. The average molecular weight is 294 g/mol. The highest BCUT2D eigenvalue weighted by molar-refractivity contribution is 6.02. The Labute approximate surface area is 127 Å². The quantitative estimate of drug-likeness (QED) is 0.756. The van der Waals surface area contributed by atoms with E-state index in [9.17, 15) is 4.79 Å². The molecule has 0 unspecified atom stereocenters. The molecule has 2 N–H and O–H groups in total. The number of hydrogen-bond acceptors (Lipinski definition) is 5. The second kappa shape index (κ2) is 6.53. The maximum atomic E-state index is 11.8. The fourth-order valence-corrected chi connectivity index (χ4v) is 1.87. The van der Waals surface area contributed by atoms with Crippen molar-refractivity contribution < 1.29 is 9.21 Å². The zero-order valence-electron chi connectivity index (χ0n) is 11.7. The van der Waals surface area contributed by atoms with Crippen molar-refractivity contribution in [3.05, 3.63) is 72.6 Å². The van der Waals surface area contributed by atoms with Gasteiger partial charge in [0.25, 0.3) is 5.91 Å². The summed E-state index contributed by atoms with van der Waals surface area (Å²) in [6.07, 6.45) is 6.58. The minimum Gasteiger partial charge on any atom is -0.459 e. The van der Waals surface area contributed by atoms with Gasteiger partial charge in [-0.25, -0.2) is 4.98 Å². The molecule has 6 heteroatoms. The summed E-state index contributed by atoms with van der Waals surface area (Å²) in [6.45, 7) is 0.638. The van der Waals surface area contributed by atoms with Gasteiger partial charge in [0.2, 0.25) is 0 Å². The lowest BCUT2D eigenvalue weighted by Crippen LogP contribution is -2.11. The van der Waals surface area contributed by atoms with Gasteiger partial charge in [0.05, 0.1) is 18.1 Å². The maximum Gasteiger partial charge on any atom is 0.291 e. The number of anilines is 2. The van der Waals surface area contributed by atoms with Crippen LogP contribution in [0.1, 0.15) is 16.1 Å². The third-order valence-electron chi connectivity index (χ3n) is 2.96. The highest BCUT2D eigenvalue weighted by atomic mass is 16.3. The first-order chi connectivity index (χ1) is 10.8. The molecule has 110 valence electrons. The Morgan fingerprint density at radius 1 is 1.14 bits per heavy atom. The van der Waals surface area contributed by atoms with Crippen LogP contribution in [0.25, 0.3) is 0 Å². The summed E-state index contributed by atoms with van der Waals surface area (Å²) in [4.78, 5) is 20.1. The van der Waals surface area contributed by atoms with Crippen LogP contribution in [0.3, 0.4) is 0 Å². The molecule has 3 aromatic rings. The molecular weight excluding hydrogens is 280 g/mol. The van der Waals surface area contributed by atoms with E-state index in [-0.39, 0.29) is 11.7 Å². The number of hydrogen-bond donors (Lipinski definition) is 2. The molecule has 0 fully saturated rings. The van der Waals surface area contributed by atoms with Gasteiger partial charge < -0.3 is 15.1 Å². The molecule has 22 heavy (non-hydrogen) atoms. The number of rotatable bonds is 5. The molecule has 3 rings (SSSR count). The minimum atomic E-state index is -0.303. The SMILES string of the molecule is O=C(Nc1ccc(NCc2cccnc2)nc1)c1ccco1.